The molecule has 0 aromatic heterocycles. The van der Waals surface area contributed by atoms with Crippen molar-refractivity contribution in [3.8, 4) is 0 Å². The van der Waals surface area contributed by atoms with Crippen LogP contribution in [0.2, 0.25) is 0 Å². The Morgan fingerprint density at radius 3 is 1.54 bits per heavy atom. The van der Waals surface area contributed by atoms with Crippen LogP contribution >= 0.6 is 0 Å². The molecular weight excluding hydrogens is 335 g/mol. The van der Waals surface area contributed by atoms with E-state index in [1.165, 1.54) is 12.8 Å². The molecule has 140 valence electrons. The van der Waals surface area contributed by atoms with Gasteiger partial charge in [-0.2, -0.15) is 0 Å². The van der Waals surface area contributed by atoms with Crippen molar-refractivity contribution in [1.82, 2.24) is 0 Å². The molecule has 2 unspecified atom stereocenters. The standard InChI is InChI=1S/C18H38O4S.Na/c1-3-5-9-13-17(19)14-11-7-8-12-16-18(23(20,21)22)15-10-6-4-2;/h17-19H,3-16H2,1-2H3,(H,20,21,22);/q;+1/p-1. The molecule has 0 saturated heterocycles. The normalized spacial score (nSPS) is 14.2. The van der Waals surface area contributed by atoms with Crippen LogP contribution in [0.25, 0.3) is 0 Å². The van der Waals surface area contributed by atoms with Crippen LogP contribution in [0, 0.1) is 0 Å². The molecular formula is C18H37NaO4S. The van der Waals surface area contributed by atoms with Gasteiger partial charge in [0.2, 0.25) is 0 Å². The predicted octanol–water partition coefficient (Wildman–Crippen LogP) is 1.77. The van der Waals surface area contributed by atoms with Crippen LogP contribution in [-0.2, 0) is 10.1 Å². The monoisotopic (exact) mass is 372 g/mol. The summed E-state index contributed by atoms with van der Waals surface area (Å²) in [6, 6.07) is 0. The molecule has 0 radical (unpaired) electrons. The second-order valence-corrected chi connectivity index (χ2v) is 8.40. The van der Waals surface area contributed by atoms with Gasteiger partial charge in [-0.25, -0.2) is 8.42 Å². The van der Waals surface area contributed by atoms with Crippen LogP contribution in [0.3, 0.4) is 0 Å². The molecule has 0 heterocycles. The fraction of sp³-hybridized carbons (Fsp3) is 1.00. The van der Waals surface area contributed by atoms with Gasteiger partial charge in [-0.05, 0) is 25.7 Å². The van der Waals surface area contributed by atoms with Gasteiger partial charge in [-0.1, -0.05) is 78.1 Å². The molecule has 0 bridgehead atoms. The fourth-order valence-corrected chi connectivity index (χ4v) is 3.85. The summed E-state index contributed by atoms with van der Waals surface area (Å²) < 4.78 is 33.8. The van der Waals surface area contributed by atoms with Gasteiger partial charge < -0.3 is 9.66 Å². The van der Waals surface area contributed by atoms with Crippen molar-refractivity contribution < 1.29 is 47.6 Å². The molecule has 0 aliphatic carbocycles. The Balaban J connectivity index is 0. The molecule has 4 nitrogen and oxygen atoms in total. The number of rotatable bonds is 16. The van der Waals surface area contributed by atoms with Crippen molar-refractivity contribution in [1.29, 1.82) is 0 Å². The molecule has 1 N–H and O–H groups in total. The van der Waals surface area contributed by atoms with Gasteiger partial charge >= 0.3 is 29.6 Å². The van der Waals surface area contributed by atoms with Gasteiger partial charge in [0, 0.05) is 5.25 Å². The molecule has 0 fully saturated rings. The maximum absolute atomic E-state index is 11.3. The van der Waals surface area contributed by atoms with Gasteiger partial charge in [0.15, 0.2) is 0 Å². The van der Waals surface area contributed by atoms with Gasteiger partial charge in [-0.3, -0.25) is 0 Å². The smallest absolute Gasteiger partial charge is 0.748 e. The Bertz CT molecular complexity index is 360. The van der Waals surface area contributed by atoms with E-state index in [1.807, 2.05) is 0 Å². The molecule has 0 spiro atoms. The van der Waals surface area contributed by atoms with E-state index in [0.717, 1.165) is 64.2 Å². The molecule has 0 amide bonds. The second kappa shape index (κ2) is 17.3. The number of unbranched alkanes of at least 4 members (excludes halogenated alkanes) is 7. The van der Waals surface area contributed by atoms with Crippen LogP contribution in [0.5, 0.6) is 0 Å². The van der Waals surface area contributed by atoms with Gasteiger partial charge in [0.1, 0.15) is 0 Å². The van der Waals surface area contributed by atoms with E-state index in [4.69, 9.17) is 0 Å². The minimum absolute atomic E-state index is 0. The molecule has 0 saturated carbocycles. The fourth-order valence-electron chi connectivity index (χ4n) is 2.93. The summed E-state index contributed by atoms with van der Waals surface area (Å²) in [6.45, 7) is 4.22. The average Bonchev–Trinajstić information content (AvgIpc) is 2.48. The molecule has 0 aromatic carbocycles. The third kappa shape index (κ3) is 16.3. The number of hydrogen-bond donors (Lipinski definition) is 1. The third-order valence-electron chi connectivity index (χ3n) is 4.49. The molecule has 24 heavy (non-hydrogen) atoms. The molecule has 0 aromatic rings. The summed E-state index contributed by atoms with van der Waals surface area (Å²) in [5, 5.41) is 9.13. The van der Waals surface area contributed by atoms with Crippen LogP contribution in [0.15, 0.2) is 0 Å². The Kier molecular flexibility index (Phi) is 19.5. The van der Waals surface area contributed by atoms with E-state index in [0.29, 0.717) is 12.8 Å². The van der Waals surface area contributed by atoms with Gasteiger partial charge in [0.25, 0.3) is 0 Å². The molecule has 0 aliphatic heterocycles. The number of aliphatic hydroxyl groups is 1. The summed E-state index contributed by atoms with van der Waals surface area (Å²) in [7, 11) is -4.15. The summed E-state index contributed by atoms with van der Waals surface area (Å²) in [4.78, 5) is 0. The molecule has 6 heteroatoms. The molecule has 2 atom stereocenters. The van der Waals surface area contributed by atoms with Crippen LogP contribution < -0.4 is 29.6 Å². The minimum atomic E-state index is -4.15. The largest absolute Gasteiger partial charge is 1.00 e. The maximum Gasteiger partial charge on any atom is 1.00 e. The molecule has 0 rings (SSSR count). The van der Waals surface area contributed by atoms with Crippen molar-refractivity contribution in [3.63, 3.8) is 0 Å². The van der Waals surface area contributed by atoms with Crippen molar-refractivity contribution >= 4 is 10.1 Å². The van der Waals surface area contributed by atoms with Crippen LogP contribution in [-0.4, -0.2) is 29.4 Å². The van der Waals surface area contributed by atoms with Crippen molar-refractivity contribution in [2.75, 3.05) is 0 Å². The van der Waals surface area contributed by atoms with Crippen LogP contribution in [0.1, 0.15) is 104 Å². The SMILES string of the molecule is CCCCCC(O)CCCCCCC(CCCCC)S(=O)(=O)[O-].[Na+]. The van der Waals surface area contributed by atoms with Gasteiger partial charge in [0.05, 0.1) is 16.2 Å². The van der Waals surface area contributed by atoms with Crippen molar-refractivity contribution in [3.05, 3.63) is 0 Å². The van der Waals surface area contributed by atoms with E-state index >= 15 is 0 Å². The van der Waals surface area contributed by atoms with E-state index in [9.17, 15) is 18.1 Å². The maximum atomic E-state index is 11.3. The summed E-state index contributed by atoms with van der Waals surface area (Å²) >= 11 is 0. The predicted molar refractivity (Wildman–Crippen MR) is 95.5 cm³/mol. The number of aliphatic hydroxyl groups excluding tert-OH is 1. The van der Waals surface area contributed by atoms with E-state index in [-0.39, 0.29) is 35.7 Å². The van der Waals surface area contributed by atoms with Crippen molar-refractivity contribution in [2.45, 2.75) is 115 Å². The summed E-state index contributed by atoms with van der Waals surface area (Å²) in [5.74, 6) is 0. The topological polar surface area (TPSA) is 77.4 Å². The first kappa shape index (κ1) is 27.1. The zero-order valence-corrected chi connectivity index (χ0v) is 19.0. The second-order valence-electron chi connectivity index (χ2n) is 6.75. The minimum Gasteiger partial charge on any atom is -0.748 e. The van der Waals surface area contributed by atoms with Crippen LogP contribution in [0.4, 0.5) is 0 Å². The summed E-state index contributed by atoms with van der Waals surface area (Å²) in [6.07, 6.45) is 12.6. The first-order chi connectivity index (χ1) is 10.9. The van der Waals surface area contributed by atoms with E-state index < -0.39 is 15.4 Å². The first-order valence-electron chi connectivity index (χ1n) is 9.54. The third-order valence-corrected chi connectivity index (χ3v) is 5.78. The zero-order chi connectivity index (χ0) is 17.6. The van der Waals surface area contributed by atoms with Crippen molar-refractivity contribution in [2.24, 2.45) is 0 Å². The Morgan fingerprint density at radius 2 is 1.12 bits per heavy atom. The first-order valence-corrected chi connectivity index (χ1v) is 11.0. The average molecular weight is 373 g/mol. The Hall–Kier alpha value is 0.870. The number of hydrogen-bond acceptors (Lipinski definition) is 4. The van der Waals surface area contributed by atoms with E-state index in [1.54, 1.807) is 0 Å². The Morgan fingerprint density at radius 1 is 0.750 bits per heavy atom. The van der Waals surface area contributed by atoms with E-state index in [2.05, 4.69) is 13.8 Å². The molecule has 0 aliphatic rings. The summed E-state index contributed by atoms with van der Waals surface area (Å²) in [5.41, 5.74) is 0. The Labute approximate surface area is 172 Å². The van der Waals surface area contributed by atoms with Gasteiger partial charge in [-0.15, -0.1) is 0 Å². The quantitative estimate of drug-likeness (QED) is 0.254. The zero-order valence-electron chi connectivity index (χ0n) is 16.1.